The van der Waals surface area contributed by atoms with Gasteiger partial charge in [0.2, 0.25) is 0 Å². The molecule has 0 fully saturated rings. The van der Waals surface area contributed by atoms with Crippen LogP contribution in [0.5, 0.6) is 0 Å². The summed E-state index contributed by atoms with van der Waals surface area (Å²) in [5.41, 5.74) is 0. The van der Waals surface area contributed by atoms with Crippen molar-refractivity contribution in [2.24, 2.45) is 5.10 Å². The summed E-state index contributed by atoms with van der Waals surface area (Å²) in [7, 11) is 0. The van der Waals surface area contributed by atoms with Crippen molar-refractivity contribution in [3.8, 4) is 0 Å². The second-order valence-corrected chi connectivity index (χ2v) is 4.05. The molecule has 0 spiro atoms. The molecule has 0 N–H and O–H groups in total. The van der Waals surface area contributed by atoms with Crippen LogP contribution in [0.15, 0.2) is 17.8 Å². The Bertz CT molecular complexity index is 267. The van der Waals surface area contributed by atoms with Crippen LogP contribution in [-0.2, 0) is 0 Å². The lowest BCUT2D eigenvalue weighted by Crippen LogP contribution is -1.86. The maximum atomic E-state index is 4.18. The van der Waals surface area contributed by atoms with Crippen LogP contribution in [0.4, 0.5) is 0 Å². The SMILES string of the molecule is CCCCCCCCCC=Nn1cnnc1. The predicted octanol–water partition coefficient (Wildman–Crippen LogP) is 3.25. The Morgan fingerprint density at radius 1 is 1.00 bits per heavy atom. The zero-order chi connectivity index (χ0) is 11.5. The van der Waals surface area contributed by atoms with Crippen molar-refractivity contribution in [1.29, 1.82) is 0 Å². The number of rotatable bonds is 9. The highest BCUT2D eigenvalue weighted by Gasteiger charge is 1.89. The molecule has 1 aromatic heterocycles. The average Bonchev–Trinajstić information content (AvgIpc) is 2.80. The third-order valence-electron chi connectivity index (χ3n) is 2.56. The highest BCUT2D eigenvalue weighted by Crippen LogP contribution is 2.07. The largest absolute Gasteiger partial charge is 0.208 e. The van der Waals surface area contributed by atoms with Gasteiger partial charge in [-0.1, -0.05) is 45.4 Å². The third kappa shape index (κ3) is 6.32. The molecule has 1 heterocycles. The molecule has 0 bridgehead atoms. The van der Waals surface area contributed by atoms with Crippen LogP contribution >= 0.6 is 0 Å². The molecule has 0 atom stereocenters. The summed E-state index contributed by atoms with van der Waals surface area (Å²) in [6.45, 7) is 2.25. The molecule has 16 heavy (non-hydrogen) atoms. The summed E-state index contributed by atoms with van der Waals surface area (Å²) in [6, 6.07) is 0. The van der Waals surface area contributed by atoms with Gasteiger partial charge in [0.1, 0.15) is 12.7 Å². The molecule has 0 saturated heterocycles. The predicted molar refractivity (Wildman–Crippen MR) is 66.5 cm³/mol. The molecule has 0 radical (unpaired) electrons. The van der Waals surface area contributed by atoms with Crippen LogP contribution in [0.1, 0.15) is 58.3 Å². The fourth-order valence-corrected chi connectivity index (χ4v) is 1.60. The molecule has 90 valence electrons. The molecule has 0 aliphatic rings. The van der Waals surface area contributed by atoms with E-state index in [1.165, 1.54) is 44.9 Å². The number of hydrogen-bond donors (Lipinski definition) is 0. The molecule has 1 rings (SSSR count). The standard InChI is InChI=1S/C12H22N4/c1-2-3-4-5-6-7-8-9-10-15-16-11-13-14-12-16/h10-12H,2-9H2,1H3. The molecule has 0 aromatic carbocycles. The average molecular weight is 222 g/mol. The van der Waals surface area contributed by atoms with E-state index in [2.05, 4.69) is 22.2 Å². The molecule has 0 amide bonds. The van der Waals surface area contributed by atoms with Gasteiger partial charge in [-0.3, -0.25) is 0 Å². The van der Waals surface area contributed by atoms with Gasteiger partial charge >= 0.3 is 0 Å². The first kappa shape index (κ1) is 12.9. The summed E-state index contributed by atoms with van der Waals surface area (Å²) < 4.78 is 1.63. The van der Waals surface area contributed by atoms with Crippen LogP contribution in [0, 0.1) is 0 Å². The summed E-state index contributed by atoms with van der Waals surface area (Å²) in [4.78, 5) is 0. The maximum absolute atomic E-state index is 4.18. The second-order valence-electron chi connectivity index (χ2n) is 4.05. The van der Waals surface area contributed by atoms with E-state index in [0.717, 1.165) is 6.42 Å². The van der Waals surface area contributed by atoms with E-state index in [1.54, 1.807) is 17.3 Å². The maximum Gasteiger partial charge on any atom is 0.141 e. The zero-order valence-corrected chi connectivity index (χ0v) is 10.2. The van der Waals surface area contributed by atoms with Crippen molar-refractivity contribution in [1.82, 2.24) is 14.9 Å². The molecule has 4 nitrogen and oxygen atoms in total. The topological polar surface area (TPSA) is 43.1 Å². The van der Waals surface area contributed by atoms with Crippen molar-refractivity contribution in [2.75, 3.05) is 0 Å². The summed E-state index contributed by atoms with van der Waals surface area (Å²) in [5.74, 6) is 0. The van der Waals surface area contributed by atoms with E-state index in [0.29, 0.717) is 0 Å². The number of aromatic nitrogens is 3. The lowest BCUT2D eigenvalue weighted by atomic mass is 10.1. The first-order valence-corrected chi connectivity index (χ1v) is 6.31. The van der Waals surface area contributed by atoms with E-state index >= 15 is 0 Å². The first-order valence-electron chi connectivity index (χ1n) is 6.31. The molecule has 0 aliphatic carbocycles. The molecule has 4 heteroatoms. The summed E-state index contributed by atoms with van der Waals surface area (Å²) in [5, 5.41) is 11.5. The quantitative estimate of drug-likeness (QED) is 0.475. The Balaban J connectivity index is 1.88. The zero-order valence-electron chi connectivity index (χ0n) is 10.2. The van der Waals surface area contributed by atoms with E-state index in [-0.39, 0.29) is 0 Å². The highest BCUT2D eigenvalue weighted by atomic mass is 15.4. The Morgan fingerprint density at radius 2 is 1.62 bits per heavy atom. The Morgan fingerprint density at radius 3 is 2.31 bits per heavy atom. The molecule has 0 unspecified atom stereocenters. The number of unbranched alkanes of at least 4 members (excludes halogenated alkanes) is 7. The fraction of sp³-hybridized carbons (Fsp3) is 0.750. The minimum atomic E-state index is 1.05. The van der Waals surface area contributed by atoms with E-state index in [1.807, 2.05) is 6.21 Å². The smallest absolute Gasteiger partial charge is 0.141 e. The van der Waals surface area contributed by atoms with Gasteiger partial charge in [0.05, 0.1) is 0 Å². The van der Waals surface area contributed by atoms with Crippen LogP contribution in [0.2, 0.25) is 0 Å². The second kappa shape index (κ2) is 9.07. The van der Waals surface area contributed by atoms with Gasteiger partial charge in [0, 0.05) is 6.21 Å². The van der Waals surface area contributed by atoms with Gasteiger partial charge in [-0.05, 0) is 12.8 Å². The molecular weight excluding hydrogens is 200 g/mol. The first-order chi connectivity index (χ1) is 7.93. The number of nitrogens with zero attached hydrogens (tertiary/aromatic N) is 4. The van der Waals surface area contributed by atoms with Crippen molar-refractivity contribution in [2.45, 2.75) is 58.3 Å². The molecule has 0 aliphatic heterocycles. The van der Waals surface area contributed by atoms with Crippen molar-refractivity contribution >= 4 is 6.21 Å². The highest BCUT2D eigenvalue weighted by molar-refractivity contribution is 5.56. The fourth-order valence-electron chi connectivity index (χ4n) is 1.60. The third-order valence-corrected chi connectivity index (χ3v) is 2.56. The van der Waals surface area contributed by atoms with E-state index in [4.69, 9.17) is 0 Å². The van der Waals surface area contributed by atoms with Crippen molar-refractivity contribution in [3.05, 3.63) is 12.7 Å². The minimum Gasteiger partial charge on any atom is -0.208 e. The van der Waals surface area contributed by atoms with Gasteiger partial charge in [-0.25, -0.2) is 4.68 Å². The van der Waals surface area contributed by atoms with Crippen molar-refractivity contribution < 1.29 is 0 Å². The van der Waals surface area contributed by atoms with Crippen LogP contribution < -0.4 is 0 Å². The van der Waals surface area contributed by atoms with Gasteiger partial charge in [0.25, 0.3) is 0 Å². The Labute approximate surface area is 97.8 Å². The lowest BCUT2D eigenvalue weighted by molar-refractivity contribution is 0.596. The monoisotopic (exact) mass is 222 g/mol. The Hall–Kier alpha value is -1.19. The van der Waals surface area contributed by atoms with Crippen LogP contribution in [0.25, 0.3) is 0 Å². The molecular formula is C12H22N4. The molecule has 0 saturated carbocycles. The molecule has 1 aromatic rings. The van der Waals surface area contributed by atoms with E-state index < -0.39 is 0 Å². The number of hydrogen-bond acceptors (Lipinski definition) is 3. The van der Waals surface area contributed by atoms with Gasteiger partial charge < -0.3 is 0 Å². The van der Waals surface area contributed by atoms with Crippen LogP contribution in [-0.4, -0.2) is 21.1 Å². The van der Waals surface area contributed by atoms with Gasteiger partial charge in [-0.15, -0.1) is 10.2 Å². The van der Waals surface area contributed by atoms with Crippen LogP contribution in [0.3, 0.4) is 0 Å². The summed E-state index contributed by atoms with van der Waals surface area (Å²) in [6.07, 6.45) is 15.6. The Kier molecular flexibility index (Phi) is 7.30. The minimum absolute atomic E-state index is 1.05. The van der Waals surface area contributed by atoms with Gasteiger partial charge in [-0.2, -0.15) is 5.10 Å². The summed E-state index contributed by atoms with van der Waals surface area (Å²) >= 11 is 0. The van der Waals surface area contributed by atoms with Gasteiger partial charge in [0.15, 0.2) is 0 Å². The van der Waals surface area contributed by atoms with Crippen molar-refractivity contribution in [3.63, 3.8) is 0 Å². The van der Waals surface area contributed by atoms with E-state index in [9.17, 15) is 0 Å². The lowest BCUT2D eigenvalue weighted by Gasteiger charge is -1.98. The normalized spacial score (nSPS) is 11.3.